The molecule has 1 unspecified atom stereocenters. The number of aromatic nitrogens is 1. The maximum atomic E-state index is 12.3. The summed E-state index contributed by atoms with van der Waals surface area (Å²) in [6.07, 6.45) is 11.3. The molecule has 0 spiro atoms. The van der Waals surface area contributed by atoms with Crippen molar-refractivity contribution in [3.63, 3.8) is 0 Å². The predicted octanol–water partition coefficient (Wildman–Crippen LogP) is 4.09. The van der Waals surface area contributed by atoms with E-state index in [1.54, 1.807) is 24.5 Å². The molecule has 4 rings (SSSR count). The van der Waals surface area contributed by atoms with Gasteiger partial charge in [0.15, 0.2) is 0 Å². The number of rotatable bonds is 7. The molecule has 1 aliphatic carbocycles. The Morgan fingerprint density at radius 1 is 1.39 bits per heavy atom. The smallest absolute Gasteiger partial charge is 0.407 e. The minimum atomic E-state index is -0.456. The normalized spacial score (nSPS) is 14.9. The summed E-state index contributed by atoms with van der Waals surface area (Å²) in [5, 5.41) is 15.7. The van der Waals surface area contributed by atoms with E-state index in [0.717, 1.165) is 21.6 Å². The van der Waals surface area contributed by atoms with Crippen molar-refractivity contribution in [3.8, 4) is 6.07 Å². The number of hydrogen-bond acceptors (Lipinski definition) is 7. The van der Waals surface area contributed by atoms with Crippen molar-refractivity contribution in [2.24, 2.45) is 0 Å². The molecular formula is C24H22N4O4S. The van der Waals surface area contributed by atoms with Gasteiger partial charge in [-0.05, 0) is 48.6 Å². The van der Waals surface area contributed by atoms with Gasteiger partial charge in [-0.3, -0.25) is 9.78 Å². The van der Waals surface area contributed by atoms with Gasteiger partial charge in [0.25, 0.3) is 0 Å². The maximum Gasteiger partial charge on any atom is 0.407 e. The van der Waals surface area contributed by atoms with E-state index < -0.39 is 6.09 Å². The van der Waals surface area contributed by atoms with Crippen LogP contribution in [-0.2, 0) is 28.8 Å². The molecule has 9 heteroatoms. The van der Waals surface area contributed by atoms with Crippen LogP contribution in [-0.4, -0.2) is 29.6 Å². The molecule has 0 fully saturated rings. The number of furan rings is 1. The molecule has 168 valence electrons. The summed E-state index contributed by atoms with van der Waals surface area (Å²) in [4.78, 5) is 29.5. The van der Waals surface area contributed by atoms with E-state index in [-0.39, 0.29) is 12.0 Å². The maximum absolute atomic E-state index is 12.3. The van der Waals surface area contributed by atoms with Gasteiger partial charge in [0.1, 0.15) is 17.2 Å². The van der Waals surface area contributed by atoms with E-state index in [9.17, 15) is 14.9 Å². The van der Waals surface area contributed by atoms with Crippen LogP contribution in [0.5, 0.6) is 0 Å². The van der Waals surface area contributed by atoms with E-state index in [0.29, 0.717) is 42.8 Å². The van der Waals surface area contributed by atoms with E-state index in [1.165, 1.54) is 29.9 Å². The number of carbonyl (C=O) groups is 2. The Hall–Kier alpha value is -3.90. The Balaban J connectivity index is 1.31. The summed E-state index contributed by atoms with van der Waals surface area (Å²) in [6.45, 7) is 0.461. The number of nitrogens with one attached hydrogen (secondary N) is 2. The average molecular weight is 463 g/mol. The Labute approximate surface area is 194 Å². The molecule has 0 radical (unpaired) electrons. The standard InChI is InChI=1S/C24H22N4O4S/c25-13-20-19-5-4-18(32-24(30)27-10-7-16-2-1-9-26-14-16)12-21(19)33-23(20)28-22(29)6-3-17-8-11-31-15-17/h1-3,6,8-9,11,14-15,18H,4-5,7,10,12H2,(H,27,30)(H,28,29)/b6-3+. The van der Waals surface area contributed by atoms with Gasteiger partial charge >= 0.3 is 6.09 Å². The SMILES string of the molecule is N#Cc1c(NC(=O)/C=C/c2ccoc2)sc2c1CCC(OC(=O)NCCc1cccnc1)C2. The third-order valence-electron chi connectivity index (χ3n) is 5.22. The van der Waals surface area contributed by atoms with Crippen LogP contribution in [0.4, 0.5) is 9.80 Å². The molecule has 3 aromatic rings. The number of fused-ring (bicyclic) bond motifs is 1. The van der Waals surface area contributed by atoms with Crippen molar-refractivity contribution >= 4 is 34.4 Å². The Morgan fingerprint density at radius 2 is 2.30 bits per heavy atom. The second-order valence-electron chi connectivity index (χ2n) is 7.51. The van der Waals surface area contributed by atoms with E-state index in [2.05, 4.69) is 21.7 Å². The lowest BCUT2D eigenvalue weighted by atomic mass is 9.94. The second kappa shape index (κ2) is 10.6. The lowest BCUT2D eigenvalue weighted by molar-refractivity contribution is -0.111. The predicted molar refractivity (Wildman–Crippen MR) is 124 cm³/mol. The summed E-state index contributed by atoms with van der Waals surface area (Å²) >= 11 is 1.36. The molecule has 0 saturated carbocycles. The van der Waals surface area contributed by atoms with Crippen LogP contribution in [0, 0.1) is 11.3 Å². The lowest BCUT2D eigenvalue weighted by Gasteiger charge is -2.22. The molecule has 0 aliphatic heterocycles. The fraction of sp³-hybridized carbons (Fsp3) is 0.250. The lowest BCUT2D eigenvalue weighted by Crippen LogP contribution is -2.33. The monoisotopic (exact) mass is 462 g/mol. The zero-order valence-corrected chi connectivity index (χ0v) is 18.6. The molecule has 1 aliphatic rings. The third-order valence-corrected chi connectivity index (χ3v) is 6.39. The number of hydrogen-bond donors (Lipinski definition) is 2. The number of pyridine rings is 1. The zero-order valence-electron chi connectivity index (χ0n) is 17.7. The van der Waals surface area contributed by atoms with Crippen molar-refractivity contribution in [2.45, 2.75) is 31.8 Å². The fourth-order valence-corrected chi connectivity index (χ4v) is 4.87. The molecule has 1 atom stereocenters. The van der Waals surface area contributed by atoms with Crippen LogP contribution in [0.25, 0.3) is 6.08 Å². The Bertz CT molecular complexity index is 1180. The van der Waals surface area contributed by atoms with E-state index in [4.69, 9.17) is 9.15 Å². The number of nitriles is 1. The number of carbonyl (C=O) groups excluding carboxylic acids is 2. The Morgan fingerprint density at radius 3 is 3.06 bits per heavy atom. The van der Waals surface area contributed by atoms with Crippen LogP contribution < -0.4 is 10.6 Å². The summed E-state index contributed by atoms with van der Waals surface area (Å²) in [5.74, 6) is -0.327. The first-order valence-corrected chi connectivity index (χ1v) is 11.3. The highest BCUT2D eigenvalue weighted by molar-refractivity contribution is 7.16. The van der Waals surface area contributed by atoms with E-state index >= 15 is 0 Å². The van der Waals surface area contributed by atoms with Gasteiger partial charge in [-0.1, -0.05) is 6.07 Å². The van der Waals surface area contributed by atoms with Gasteiger partial charge in [0.05, 0.1) is 18.1 Å². The average Bonchev–Trinajstić information content (AvgIpc) is 3.45. The summed E-state index contributed by atoms with van der Waals surface area (Å²) in [7, 11) is 0. The summed E-state index contributed by atoms with van der Waals surface area (Å²) in [6, 6.07) is 7.76. The minimum absolute atomic E-state index is 0.273. The van der Waals surface area contributed by atoms with Crippen molar-refractivity contribution in [3.05, 3.63) is 76.3 Å². The fourth-order valence-electron chi connectivity index (χ4n) is 3.61. The van der Waals surface area contributed by atoms with Gasteiger partial charge in [-0.2, -0.15) is 5.26 Å². The van der Waals surface area contributed by atoms with Gasteiger partial charge in [0.2, 0.25) is 5.91 Å². The van der Waals surface area contributed by atoms with Crippen LogP contribution in [0.15, 0.2) is 53.6 Å². The molecule has 0 aromatic carbocycles. The second-order valence-corrected chi connectivity index (χ2v) is 8.61. The number of anilines is 1. The highest BCUT2D eigenvalue weighted by Gasteiger charge is 2.28. The molecule has 0 saturated heterocycles. The van der Waals surface area contributed by atoms with Gasteiger partial charge < -0.3 is 19.8 Å². The van der Waals surface area contributed by atoms with Crippen LogP contribution in [0.3, 0.4) is 0 Å². The van der Waals surface area contributed by atoms with E-state index in [1.807, 2.05) is 12.1 Å². The first kappa shape index (κ1) is 22.3. The van der Waals surface area contributed by atoms with Crippen LogP contribution in [0.1, 0.15) is 33.6 Å². The van der Waals surface area contributed by atoms with Crippen molar-refractivity contribution in [2.75, 3.05) is 11.9 Å². The number of nitrogens with zero attached hydrogens (tertiary/aromatic N) is 2. The minimum Gasteiger partial charge on any atom is -0.472 e. The topological polar surface area (TPSA) is 117 Å². The first-order chi connectivity index (χ1) is 16.1. The van der Waals surface area contributed by atoms with Crippen molar-refractivity contribution < 1.29 is 18.7 Å². The number of alkyl carbamates (subject to hydrolysis) is 1. The highest BCUT2D eigenvalue weighted by Crippen LogP contribution is 2.38. The van der Waals surface area contributed by atoms with Gasteiger partial charge in [-0.15, -0.1) is 11.3 Å². The van der Waals surface area contributed by atoms with Crippen LogP contribution in [0.2, 0.25) is 0 Å². The molecule has 3 heterocycles. The number of ether oxygens (including phenoxy) is 1. The Kier molecular flexibility index (Phi) is 7.17. The van der Waals surface area contributed by atoms with Gasteiger partial charge in [-0.25, -0.2) is 4.79 Å². The molecule has 33 heavy (non-hydrogen) atoms. The zero-order chi connectivity index (χ0) is 23.0. The van der Waals surface area contributed by atoms with Gasteiger partial charge in [0, 0.05) is 41.9 Å². The molecule has 8 nitrogen and oxygen atoms in total. The largest absolute Gasteiger partial charge is 0.472 e. The van der Waals surface area contributed by atoms with Crippen LogP contribution >= 0.6 is 11.3 Å². The molecule has 0 bridgehead atoms. The number of amides is 2. The first-order valence-electron chi connectivity index (χ1n) is 10.5. The van der Waals surface area contributed by atoms with Crippen molar-refractivity contribution in [1.82, 2.24) is 10.3 Å². The highest BCUT2D eigenvalue weighted by atomic mass is 32.1. The third kappa shape index (κ3) is 5.87. The molecular weight excluding hydrogens is 440 g/mol. The molecule has 2 N–H and O–H groups in total. The summed E-state index contributed by atoms with van der Waals surface area (Å²) in [5.41, 5.74) is 3.22. The molecule has 2 amide bonds. The van der Waals surface area contributed by atoms with Crippen molar-refractivity contribution in [1.29, 1.82) is 5.26 Å². The number of thiophene rings is 1. The summed E-state index contributed by atoms with van der Waals surface area (Å²) < 4.78 is 10.5. The quantitative estimate of drug-likeness (QED) is 0.511. The molecule has 3 aromatic heterocycles.